The Hall–Kier alpha value is -2.01. The van der Waals surface area contributed by atoms with Gasteiger partial charge in [0.1, 0.15) is 5.82 Å². The Morgan fingerprint density at radius 3 is 2.50 bits per heavy atom. The molecule has 2 aromatic carbocycles. The van der Waals surface area contributed by atoms with Gasteiger partial charge in [0.25, 0.3) is 5.91 Å². The number of halogens is 1. The quantitative estimate of drug-likeness (QED) is 0.890. The molecule has 2 rings (SSSR count). The van der Waals surface area contributed by atoms with Crippen molar-refractivity contribution in [3.05, 3.63) is 65.5 Å². The molecule has 22 heavy (non-hydrogen) atoms. The van der Waals surface area contributed by atoms with Gasteiger partial charge in [-0.1, -0.05) is 31.2 Å². The number of hydrogen-bond acceptors (Lipinski definition) is 2. The summed E-state index contributed by atoms with van der Waals surface area (Å²) < 4.78 is 24.8. The monoisotopic (exact) mass is 319 g/mol. The molecule has 1 N–H and O–H groups in total. The van der Waals surface area contributed by atoms with Crippen molar-refractivity contribution in [3.63, 3.8) is 0 Å². The Balaban J connectivity index is 1.98. The van der Waals surface area contributed by atoms with E-state index in [0.717, 1.165) is 5.56 Å². The van der Waals surface area contributed by atoms with E-state index in [-0.39, 0.29) is 11.7 Å². The molecule has 3 nitrogen and oxygen atoms in total. The molecule has 0 fully saturated rings. The summed E-state index contributed by atoms with van der Waals surface area (Å²) in [6, 6.07) is 13.1. The number of rotatable bonds is 6. The van der Waals surface area contributed by atoms with Crippen molar-refractivity contribution in [2.24, 2.45) is 0 Å². The Labute approximate surface area is 132 Å². The fraction of sp³-hybridized carbons (Fsp3) is 0.235. The van der Waals surface area contributed by atoms with Gasteiger partial charge in [0, 0.05) is 12.3 Å². The summed E-state index contributed by atoms with van der Waals surface area (Å²) in [4.78, 5) is 12.8. The van der Waals surface area contributed by atoms with Crippen molar-refractivity contribution in [1.82, 2.24) is 5.32 Å². The number of hydrogen-bond donors (Lipinski definition) is 1. The van der Waals surface area contributed by atoms with Crippen LogP contribution in [0.25, 0.3) is 0 Å². The van der Waals surface area contributed by atoms with Gasteiger partial charge in [-0.2, -0.15) is 0 Å². The van der Waals surface area contributed by atoms with Crippen LogP contribution >= 0.6 is 0 Å². The average Bonchev–Trinajstić information content (AvgIpc) is 2.56. The lowest BCUT2D eigenvalue weighted by Gasteiger charge is -2.09. The molecule has 0 saturated heterocycles. The Bertz CT molecular complexity index is 671. The van der Waals surface area contributed by atoms with Gasteiger partial charge >= 0.3 is 0 Å². The molecule has 2 aromatic rings. The van der Waals surface area contributed by atoms with Crippen LogP contribution in [0, 0.1) is 5.82 Å². The van der Waals surface area contributed by atoms with Crippen LogP contribution in [0.3, 0.4) is 0 Å². The highest BCUT2D eigenvalue weighted by Gasteiger charge is 2.13. The number of benzene rings is 2. The Kier molecular flexibility index (Phi) is 5.83. The normalized spacial score (nSPS) is 11.9. The standard InChI is InChI=1S/C17H18FNO2S/c1-2-22(21)16-6-4-3-5-15(16)17(20)19-12-11-13-7-9-14(18)10-8-13/h3-10H,2,11-12H2,1H3,(H,19,20)/t22-/m0/s1. The van der Waals surface area contributed by atoms with E-state index in [1.165, 1.54) is 12.1 Å². The van der Waals surface area contributed by atoms with Crippen molar-refractivity contribution in [3.8, 4) is 0 Å². The molecule has 0 spiro atoms. The second-order valence-corrected chi connectivity index (χ2v) is 6.47. The van der Waals surface area contributed by atoms with Crippen LogP contribution in [-0.2, 0) is 17.2 Å². The van der Waals surface area contributed by atoms with Crippen LogP contribution in [-0.4, -0.2) is 22.4 Å². The van der Waals surface area contributed by atoms with Crippen molar-refractivity contribution in [2.45, 2.75) is 18.2 Å². The van der Waals surface area contributed by atoms with E-state index < -0.39 is 10.8 Å². The van der Waals surface area contributed by atoms with Crippen LogP contribution in [0.5, 0.6) is 0 Å². The maximum absolute atomic E-state index is 12.8. The van der Waals surface area contributed by atoms with Crippen LogP contribution in [0.1, 0.15) is 22.8 Å². The van der Waals surface area contributed by atoms with Crippen molar-refractivity contribution >= 4 is 16.7 Å². The molecule has 0 aliphatic heterocycles. The maximum Gasteiger partial charge on any atom is 0.252 e. The van der Waals surface area contributed by atoms with Gasteiger partial charge in [-0.25, -0.2) is 4.39 Å². The molecular weight excluding hydrogens is 301 g/mol. The summed E-state index contributed by atoms with van der Waals surface area (Å²) in [6.45, 7) is 2.26. The SMILES string of the molecule is CC[S@](=O)c1ccccc1C(=O)NCCc1ccc(F)cc1. The molecule has 0 aliphatic carbocycles. The number of amides is 1. The highest BCUT2D eigenvalue weighted by molar-refractivity contribution is 7.85. The third-order valence-corrected chi connectivity index (χ3v) is 4.62. The molecule has 0 bridgehead atoms. The second-order valence-electron chi connectivity index (χ2n) is 4.76. The smallest absolute Gasteiger partial charge is 0.252 e. The van der Waals surface area contributed by atoms with E-state index in [1.54, 1.807) is 36.4 Å². The van der Waals surface area contributed by atoms with Gasteiger partial charge in [0.15, 0.2) is 0 Å². The third kappa shape index (κ3) is 4.24. The number of nitrogens with one attached hydrogen (secondary N) is 1. The summed E-state index contributed by atoms with van der Waals surface area (Å²) in [5.74, 6) is -0.0388. The molecule has 1 amide bonds. The zero-order valence-electron chi connectivity index (χ0n) is 12.3. The van der Waals surface area contributed by atoms with E-state index in [0.29, 0.717) is 29.2 Å². The molecule has 0 heterocycles. The molecule has 5 heteroatoms. The molecule has 0 saturated carbocycles. The lowest BCUT2D eigenvalue weighted by molar-refractivity contribution is 0.0951. The summed E-state index contributed by atoms with van der Waals surface area (Å²) in [7, 11) is -1.17. The van der Waals surface area contributed by atoms with E-state index in [9.17, 15) is 13.4 Å². The van der Waals surface area contributed by atoms with E-state index in [2.05, 4.69) is 5.32 Å². The number of carbonyl (C=O) groups is 1. The molecular formula is C17H18FNO2S. The lowest BCUT2D eigenvalue weighted by Crippen LogP contribution is -2.26. The van der Waals surface area contributed by atoms with Crippen LogP contribution in [0.15, 0.2) is 53.4 Å². The van der Waals surface area contributed by atoms with Gasteiger partial charge in [0.05, 0.1) is 21.3 Å². The van der Waals surface area contributed by atoms with Gasteiger partial charge < -0.3 is 5.32 Å². The summed E-state index contributed by atoms with van der Waals surface area (Å²) in [5.41, 5.74) is 1.40. The first-order valence-corrected chi connectivity index (χ1v) is 8.43. The Morgan fingerprint density at radius 2 is 1.82 bits per heavy atom. The molecule has 0 aliphatic rings. The fourth-order valence-corrected chi connectivity index (χ4v) is 3.02. The molecule has 0 radical (unpaired) electrons. The fourth-order valence-electron chi connectivity index (χ4n) is 2.07. The highest BCUT2D eigenvalue weighted by atomic mass is 32.2. The zero-order chi connectivity index (χ0) is 15.9. The van der Waals surface area contributed by atoms with Crippen molar-refractivity contribution in [1.29, 1.82) is 0 Å². The first kappa shape index (κ1) is 16.4. The number of carbonyl (C=O) groups excluding carboxylic acids is 1. The minimum atomic E-state index is -1.17. The second kappa shape index (κ2) is 7.84. The summed E-state index contributed by atoms with van der Waals surface area (Å²) >= 11 is 0. The van der Waals surface area contributed by atoms with Gasteiger partial charge in [0.2, 0.25) is 0 Å². The highest BCUT2D eigenvalue weighted by Crippen LogP contribution is 2.13. The van der Waals surface area contributed by atoms with Crippen LogP contribution in [0.4, 0.5) is 4.39 Å². The summed E-state index contributed by atoms with van der Waals surface area (Å²) in [5, 5.41) is 2.81. The molecule has 116 valence electrons. The largest absolute Gasteiger partial charge is 0.352 e. The predicted octanol–water partition coefficient (Wildman–Crippen LogP) is 2.93. The van der Waals surface area contributed by atoms with Gasteiger partial charge in [-0.3, -0.25) is 9.00 Å². The van der Waals surface area contributed by atoms with Crippen LogP contribution < -0.4 is 5.32 Å². The Morgan fingerprint density at radius 1 is 1.14 bits per heavy atom. The van der Waals surface area contributed by atoms with Crippen LogP contribution in [0.2, 0.25) is 0 Å². The molecule has 0 aromatic heterocycles. The van der Waals surface area contributed by atoms with E-state index in [4.69, 9.17) is 0 Å². The molecule has 0 unspecified atom stereocenters. The first-order chi connectivity index (χ1) is 10.6. The minimum Gasteiger partial charge on any atom is -0.352 e. The van der Waals surface area contributed by atoms with E-state index in [1.807, 2.05) is 6.92 Å². The minimum absolute atomic E-state index is 0.237. The lowest BCUT2D eigenvalue weighted by atomic mass is 10.1. The molecule has 1 atom stereocenters. The first-order valence-electron chi connectivity index (χ1n) is 7.12. The average molecular weight is 319 g/mol. The third-order valence-electron chi connectivity index (χ3n) is 3.25. The zero-order valence-corrected chi connectivity index (χ0v) is 13.2. The van der Waals surface area contributed by atoms with E-state index >= 15 is 0 Å². The van der Waals surface area contributed by atoms with Crippen molar-refractivity contribution < 1.29 is 13.4 Å². The maximum atomic E-state index is 12.8. The predicted molar refractivity (Wildman–Crippen MR) is 85.8 cm³/mol. The van der Waals surface area contributed by atoms with Gasteiger partial charge in [-0.05, 0) is 36.2 Å². The summed E-state index contributed by atoms with van der Waals surface area (Å²) in [6.07, 6.45) is 0.616. The van der Waals surface area contributed by atoms with Crippen molar-refractivity contribution in [2.75, 3.05) is 12.3 Å². The topological polar surface area (TPSA) is 46.2 Å². The van der Waals surface area contributed by atoms with Gasteiger partial charge in [-0.15, -0.1) is 0 Å².